The zero-order valence-corrected chi connectivity index (χ0v) is 14.1. The molecule has 22 heavy (non-hydrogen) atoms. The van der Waals surface area contributed by atoms with E-state index in [-0.39, 0.29) is 6.04 Å². The second-order valence-corrected chi connectivity index (χ2v) is 9.17. The van der Waals surface area contributed by atoms with Crippen LogP contribution in [0.2, 0.25) is 0 Å². The number of carbonyl (C=O) groups is 1. The Bertz CT molecular complexity index is 401. The summed E-state index contributed by atoms with van der Waals surface area (Å²) >= 11 is 0. The summed E-state index contributed by atoms with van der Waals surface area (Å²) in [4.78, 5) is 15.0. The minimum absolute atomic E-state index is 0.278. The molecule has 0 spiro atoms. The molecule has 0 aromatic carbocycles. The van der Waals surface area contributed by atoms with Crippen LogP contribution in [0, 0.1) is 29.1 Å². The first-order valence-electron chi connectivity index (χ1n) is 9.56. The largest absolute Gasteiger partial charge is 0.343 e. The standard InChI is InChI=1S/C19H32N2O/c1-13(20)17-2-4-21(5-3-17)18(22)12-19-9-14-6-15(10-19)8-16(7-14)11-19/h13-17H,2-12,20H2,1H3. The fourth-order valence-electron chi connectivity index (χ4n) is 6.61. The monoisotopic (exact) mass is 304 g/mol. The molecule has 5 rings (SSSR count). The molecule has 1 saturated heterocycles. The molecule has 5 aliphatic rings. The van der Waals surface area contributed by atoms with E-state index in [2.05, 4.69) is 11.8 Å². The fraction of sp³-hybridized carbons (Fsp3) is 0.947. The van der Waals surface area contributed by atoms with Crippen LogP contribution in [-0.4, -0.2) is 29.9 Å². The van der Waals surface area contributed by atoms with Crippen LogP contribution in [0.5, 0.6) is 0 Å². The third kappa shape index (κ3) is 2.70. The Kier molecular flexibility index (Phi) is 3.75. The van der Waals surface area contributed by atoms with Gasteiger partial charge >= 0.3 is 0 Å². The minimum Gasteiger partial charge on any atom is -0.343 e. The highest BCUT2D eigenvalue weighted by molar-refractivity contribution is 5.77. The second-order valence-electron chi connectivity index (χ2n) is 9.17. The van der Waals surface area contributed by atoms with Gasteiger partial charge in [-0.3, -0.25) is 4.79 Å². The molecule has 1 heterocycles. The molecular formula is C19H32N2O. The first-order valence-corrected chi connectivity index (χ1v) is 9.56. The Labute approximate surface area is 135 Å². The van der Waals surface area contributed by atoms with Crippen LogP contribution in [0.4, 0.5) is 0 Å². The summed E-state index contributed by atoms with van der Waals surface area (Å²) in [6.45, 7) is 3.99. The van der Waals surface area contributed by atoms with Gasteiger partial charge in [-0.1, -0.05) is 0 Å². The lowest BCUT2D eigenvalue weighted by Crippen LogP contribution is -2.49. The molecule has 0 radical (unpaired) electrons. The number of amides is 1. The van der Waals surface area contributed by atoms with Gasteiger partial charge in [-0.25, -0.2) is 0 Å². The van der Waals surface area contributed by atoms with Crippen LogP contribution in [0.25, 0.3) is 0 Å². The Hall–Kier alpha value is -0.570. The van der Waals surface area contributed by atoms with E-state index in [1.807, 2.05) is 0 Å². The van der Waals surface area contributed by atoms with Gasteiger partial charge in [-0.05, 0) is 87.4 Å². The molecule has 1 atom stereocenters. The van der Waals surface area contributed by atoms with Crippen molar-refractivity contribution in [2.45, 2.75) is 70.8 Å². The lowest BCUT2D eigenvalue weighted by Gasteiger charge is -2.57. The van der Waals surface area contributed by atoms with Crippen molar-refractivity contribution in [2.75, 3.05) is 13.1 Å². The Balaban J connectivity index is 1.36. The van der Waals surface area contributed by atoms with Gasteiger partial charge < -0.3 is 10.6 Å². The number of rotatable bonds is 3. The first kappa shape index (κ1) is 15.0. The van der Waals surface area contributed by atoms with E-state index in [0.717, 1.165) is 50.1 Å². The maximum atomic E-state index is 12.9. The van der Waals surface area contributed by atoms with Crippen LogP contribution in [0.15, 0.2) is 0 Å². The second kappa shape index (κ2) is 5.51. The summed E-state index contributed by atoms with van der Waals surface area (Å²) in [6, 6.07) is 0.278. The van der Waals surface area contributed by atoms with Gasteiger partial charge in [0.1, 0.15) is 0 Å². The lowest BCUT2D eigenvalue weighted by atomic mass is 9.49. The van der Waals surface area contributed by atoms with E-state index >= 15 is 0 Å². The van der Waals surface area contributed by atoms with Crippen LogP contribution in [0.3, 0.4) is 0 Å². The van der Waals surface area contributed by atoms with Crippen molar-refractivity contribution in [2.24, 2.45) is 34.8 Å². The van der Waals surface area contributed by atoms with E-state index in [4.69, 9.17) is 5.73 Å². The average molecular weight is 304 g/mol. The molecule has 4 saturated carbocycles. The highest BCUT2D eigenvalue weighted by Crippen LogP contribution is 2.61. The van der Waals surface area contributed by atoms with E-state index in [0.29, 0.717) is 17.2 Å². The van der Waals surface area contributed by atoms with Crippen molar-refractivity contribution < 1.29 is 4.79 Å². The first-order chi connectivity index (χ1) is 10.5. The predicted molar refractivity (Wildman–Crippen MR) is 88.2 cm³/mol. The third-order valence-corrected chi connectivity index (χ3v) is 7.33. The highest BCUT2D eigenvalue weighted by Gasteiger charge is 2.51. The van der Waals surface area contributed by atoms with Crippen molar-refractivity contribution in [1.29, 1.82) is 0 Å². The summed E-state index contributed by atoms with van der Waals surface area (Å²) in [6.07, 6.45) is 11.5. The van der Waals surface area contributed by atoms with Crippen molar-refractivity contribution in [1.82, 2.24) is 4.90 Å². The van der Waals surface area contributed by atoms with E-state index < -0.39 is 0 Å². The molecule has 1 aliphatic heterocycles. The maximum absolute atomic E-state index is 12.9. The molecule has 0 aromatic rings. The average Bonchev–Trinajstić information content (AvgIpc) is 2.45. The molecule has 4 bridgehead atoms. The maximum Gasteiger partial charge on any atom is 0.223 e. The number of likely N-dealkylation sites (tertiary alicyclic amines) is 1. The number of hydrogen-bond acceptors (Lipinski definition) is 2. The van der Waals surface area contributed by atoms with Gasteiger partial charge in [0, 0.05) is 25.6 Å². The number of nitrogens with zero attached hydrogens (tertiary/aromatic N) is 1. The molecule has 3 nitrogen and oxygen atoms in total. The van der Waals surface area contributed by atoms with Gasteiger partial charge in [0.05, 0.1) is 0 Å². The van der Waals surface area contributed by atoms with Crippen molar-refractivity contribution in [3.8, 4) is 0 Å². The Morgan fingerprint density at radius 2 is 1.59 bits per heavy atom. The predicted octanol–water partition coefficient (Wildman–Crippen LogP) is 3.18. The van der Waals surface area contributed by atoms with Gasteiger partial charge in [0.15, 0.2) is 0 Å². The number of carbonyl (C=O) groups excluding carboxylic acids is 1. The number of hydrogen-bond donors (Lipinski definition) is 1. The number of nitrogens with two attached hydrogens (primary N) is 1. The summed E-state index contributed by atoms with van der Waals surface area (Å²) in [5.74, 6) is 3.90. The smallest absolute Gasteiger partial charge is 0.223 e. The molecule has 124 valence electrons. The third-order valence-electron chi connectivity index (χ3n) is 7.33. The molecule has 2 N–H and O–H groups in total. The molecule has 1 unspecified atom stereocenters. The molecule has 4 aliphatic carbocycles. The summed E-state index contributed by atoms with van der Waals surface area (Å²) < 4.78 is 0. The summed E-state index contributed by atoms with van der Waals surface area (Å²) in [5, 5.41) is 0. The van der Waals surface area contributed by atoms with Crippen LogP contribution >= 0.6 is 0 Å². The molecule has 0 aromatic heterocycles. The van der Waals surface area contributed by atoms with E-state index in [1.165, 1.54) is 38.5 Å². The van der Waals surface area contributed by atoms with Gasteiger partial charge in [0.2, 0.25) is 5.91 Å². The Morgan fingerprint density at radius 3 is 2.05 bits per heavy atom. The molecule has 5 fully saturated rings. The Morgan fingerprint density at radius 1 is 1.09 bits per heavy atom. The topological polar surface area (TPSA) is 46.3 Å². The lowest BCUT2D eigenvalue weighted by molar-refractivity contribution is -0.141. The van der Waals surface area contributed by atoms with Crippen molar-refractivity contribution in [3.05, 3.63) is 0 Å². The van der Waals surface area contributed by atoms with Crippen molar-refractivity contribution >= 4 is 5.91 Å². The van der Waals surface area contributed by atoms with Gasteiger partial charge in [-0.2, -0.15) is 0 Å². The zero-order chi connectivity index (χ0) is 15.3. The van der Waals surface area contributed by atoms with Gasteiger partial charge in [0.25, 0.3) is 0 Å². The SMILES string of the molecule is CC(N)C1CCN(C(=O)CC23CC4CC(CC(C4)C2)C3)CC1. The molecule has 3 heteroatoms. The quantitative estimate of drug-likeness (QED) is 0.870. The number of piperidine rings is 1. The van der Waals surface area contributed by atoms with E-state index in [9.17, 15) is 4.79 Å². The van der Waals surface area contributed by atoms with E-state index in [1.54, 1.807) is 0 Å². The van der Waals surface area contributed by atoms with Crippen molar-refractivity contribution in [3.63, 3.8) is 0 Å². The molecule has 1 amide bonds. The van der Waals surface area contributed by atoms with Crippen LogP contribution in [-0.2, 0) is 4.79 Å². The summed E-state index contributed by atoms with van der Waals surface area (Å²) in [5.41, 5.74) is 6.41. The van der Waals surface area contributed by atoms with Crippen LogP contribution in [0.1, 0.15) is 64.7 Å². The highest BCUT2D eigenvalue weighted by atomic mass is 16.2. The summed E-state index contributed by atoms with van der Waals surface area (Å²) in [7, 11) is 0. The molecular weight excluding hydrogens is 272 g/mol. The minimum atomic E-state index is 0.278. The van der Waals surface area contributed by atoms with Crippen LogP contribution < -0.4 is 5.73 Å². The normalized spacial score (nSPS) is 42.6. The zero-order valence-electron chi connectivity index (χ0n) is 14.1. The van der Waals surface area contributed by atoms with Gasteiger partial charge in [-0.15, -0.1) is 0 Å². The fourth-order valence-corrected chi connectivity index (χ4v) is 6.61.